The van der Waals surface area contributed by atoms with E-state index in [0.717, 1.165) is 5.56 Å². The molecule has 108 valence electrons. The third-order valence-electron chi connectivity index (χ3n) is 3.04. The van der Waals surface area contributed by atoms with E-state index in [4.69, 9.17) is 17.3 Å². The largest absolute Gasteiger partial charge is 0.368 e. The highest BCUT2D eigenvalue weighted by atomic mass is 35.5. The quantitative estimate of drug-likeness (QED) is 0.888. The summed E-state index contributed by atoms with van der Waals surface area (Å²) >= 11 is 5.81. The van der Waals surface area contributed by atoms with Crippen molar-refractivity contribution in [3.05, 3.63) is 70.7 Å². The highest BCUT2D eigenvalue weighted by Gasteiger charge is 2.19. The molecular formula is C16H15ClN2O2. The normalized spacial score (nSPS) is 11.7. The molecule has 0 fully saturated rings. The summed E-state index contributed by atoms with van der Waals surface area (Å²) in [6.45, 7) is 0. The van der Waals surface area contributed by atoms with E-state index in [1.54, 1.807) is 48.5 Å². The van der Waals surface area contributed by atoms with Gasteiger partial charge in [-0.3, -0.25) is 9.59 Å². The minimum absolute atomic E-state index is 0.324. The van der Waals surface area contributed by atoms with Gasteiger partial charge >= 0.3 is 0 Å². The zero-order valence-corrected chi connectivity index (χ0v) is 12.0. The van der Waals surface area contributed by atoms with Gasteiger partial charge in [0.05, 0.1) is 0 Å². The van der Waals surface area contributed by atoms with E-state index in [1.807, 2.05) is 6.07 Å². The average molecular weight is 303 g/mol. The number of halogens is 1. The number of benzene rings is 2. The number of hydrogen-bond donors (Lipinski definition) is 2. The smallest absolute Gasteiger partial charge is 0.251 e. The van der Waals surface area contributed by atoms with Crippen LogP contribution >= 0.6 is 11.6 Å². The van der Waals surface area contributed by atoms with Gasteiger partial charge in [0.1, 0.15) is 6.04 Å². The van der Waals surface area contributed by atoms with E-state index in [0.29, 0.717) is 17.0 Å². The molecule has 0 heterocycles. The molecule has 0 aliphatic carbocycles. The maximum absolute atomic E-state index is 12.1. The van der Waals surface area contributed by atoms with Crippen LogP contribution in [0.1, 0.15) is 15.9 Å². The first-order chi connectivity index (χ1) is 10.1. The maximum Gasteiger partial charge on any atom is 0.251 e. The molecule has 3 N–H and O–H groups in total. The van der Waals surface area contributed by atoms with Gasteiger partial charge in [-0.15, -0.1) is 0 Å². The van der Waals surface area contributed by atoms with Crippen molar-refractivity contribution in [3.63, 3.8) is 0 Å². The summed E-state index contributed by atoms with van der Waals surface area (Å²) in [5, 5.41) is 3.26. The Bertz CT molecular complexity index is 626. The Kier molecular flexibility index (Phi) is 4.95. The van der Waals surface area contributed by atoms with Crippen molar-refractivity contribution in [2.45, 2.75) is 12.5 Å². The molecule has 21 heavy (non-hydrogen) atoms. The third-order valence-corrected chi connectivity index (χ3v) is 3.29. The van der Waals surface area contributed by atoms with Crippen molar-refractivity contribution in [3.8, 4) is 0 Å². The molecule has 0 radical (unpaired) electrons. The number of nitrogens with two attached hydrogens (primary N) is 1. The van der Waals surface area contributed by atoms with Crippen LogP contribution in [0.25, 0.3) is 0 Å². The lowest BCUT2D eigenvalue weighted by Crippen LogP contribution is -2.45. The molecule has 4 nitrogen and oxygen atoms in total. The molecule has 5 heteroatoms. The highest BCUT2D eigenvalue weighted by molar-refractivity contribution is 6.30. The standard InChI is InChI=1S/C16H15ClN2O2/c17-13-8-6-11(7-9-13)10-14(15(18)20)19-16(21)12-4-2-1-3-5-12/h1-9,14H,10H2,(H2,18,20)(H,19,21)/t14-/m1/s1. The lowest BCUT2D eigenvalue weighted by atomic mass is 10.0. The van der Waals surface area contributed by atoms with Crippen molar-refractivity contribution in [2.75, 3.05) is 0 Å². The molecule has 0 aliphatic rings. The summed E-state index contributed by atoms with van der Waals surface area (Å²) in [5.74, 6) is -0.900. The molecule has 0 bridgehead atoms. The minimum Gasteiger partial charge on any atom is -0.368 e. The second-order valence-electron chi connectivity index (χ2n) is 4.63. The van der Waals surface area contributed by atoms with E-state index < -0.39 is 11.9 Å². The first-order valence-corrected chi connectivity index (χ1v) is 6.84. The van der Waals surface area contributed by atoms with Gasteiger partial charge in [0.25, 0.3) is 5.91 Å². The van der Waals surface area contributed by atoms with Gasteiger partial charge < -0.3 is 11.1 Å². The van der Waals surface area contributed by atoms with Crippen LogP contribution in [0.5, 0.6) is 0 Å². The molecule has 0 spiro atoms. The number of hydrogen-bond acceptors (Lipinski definition) is 2. The predicted octanol–water partition coefficient (Wildman–Crippen LogP) is 2.17. The Morgan fingerprint density at radius 2 is 1.67 bits per heavy atom. The maximum atomic E-state index is 12.1. The van der Waals surface area contributed by atoms with E-state index in [2.05, 4.69) is 5.32 Å². The topological polar surface area (TPSA) is 72.2 Å². The fourth-order valence-electron chi connectivity index (χ4n) is 1.91. The number of amides is 2. The van der Waals surface area contributed by atoms with Crippen molar-refractivity contribution in [1.29, 1.82) is 0 Å². The predicted molar refractivity (Wildman–Crippen MR) is 82.0 cm³/mol. The lowest BCUT2D eigenvalue weighted by molar-refractivity contribution is -0.119. The Labute approximate surface area is 127 Å². The fourth-order valence-corrected chi connectivity index (χ4v) is 2.04. The second kappa shape index (κ2) is 6.90. The molecule has 2 aromatic rings. The summed E-state index contributed by atoms with van der Waals surface area (Å²) in [6, 6.07) is 15.0. The molecule has 1 atom stereocenters. The van der Waals surface area contributed by atoms with Crippen LogP contribution in [0.3, 0.4) is 0 Å². The summed E-state index contributed by atoms with van der Waals surface area (Å²) in [5.41, 5.74) is 6.72. The average Bonchev–Trinajstić information content (AvgIpc) is 2.49. The molecule has 0 saturated heterocycles. The first kappa shape index (κ1) is 15.1. The van der Waals surface area contributed by atoms with Gasteiger partial charge in [0.15, 0.2) is 0 Å². The summed E-state index contributed by atoms with van der Waals surface area (Å²) in [4.78, 5) is 23.6. The Balaban J connectivity index is 2.07. The van der Waals surface area contributed by atoms with Gasteiger partial charge in [0, 0.05) is 17.0 Å². The van der Waals surface area contributed by atoms with Gasteiger partial charge in [-0.25, -0.2) is 0 Å². The Morgan fingerprint density at radius 3 is 2.24 bits per heavy atom. The SMILES string of the molecule is NC(=O)[C@@H](Cc1ccc(Cl)cc1)NC(=O)c1ccccc1. The fraction of sp³-hybridized carbons (Fsp3) is 0.125. The Hall–Kier alpha value is -2.33. The van der Waals surface area contributed by atoms with Crippen LogP contribution in [0.2, 0.25) is 5.02 Å². The number of carbonyl (C=O) groups is 2. The lowest BCUT2D eigenvalue weighted by Gasteiger charge is -2.15. The monoisotopic (exact) mass is 302 g/mol. The summed E-state index contributed by atoms with van der Waals surface area (Å²) < 4.78 is 0. The molecule has 0 unspecified atom stereocenters. The summed E-state index contributed by atoms with van der Waals surface area (Å²) in [7, 11) is 0. The zero-order chi connectivity index (χ0) is 15.2. The molecule has 2 rings (SSSR count). The van der Waals surface area contributed by atoms with E-state index in [-0.39, 0.29) is 5.91 Å². The van der Waals surface area contributed by atoms with Crippen molar-refractivity contribution >= 4 is 23.4 Å². The van der Waals surface area contributed by atoms with Crippen LogP contribution in [0.15, 0.2) is 54.6 Å². The van der Waals surface area contributed by atoms with Crippen LogP contribution < -0.4 is 11.1 Å². The van der Waals surface area contributed by atoms with Crippen LogP contribution in [0, 0.1) is 0 Å². The number of nitrogens with one attached hydrogen (secondary N) is 1. The summed E-state index contributed by atoms with van der Waals surface area (Å²) in [6.07, 6.45) is 0.324. The minimum atomic E-state index is -0.765. The number of primary amides is 1. The molecule has 2 amide bonds. The van der Waals surface area contributed by atoms with Gasteiger partial charge in [-0.1, -0.05) is 41.9 Å². The van der Waals surface area contributed by atoms with Gasteiger partial charge in [0.2, 0.25) is 5.91 Å². The van der Waals surface area contributed by atoms with Crippen LogP contribution in [-0.4, -0.2) is 17.9 Å². The number of carbonyl (C=O) groups excluding carboxylic acids is 2. The van der Waals surface area contributed by atoms with Crippen LogP contribution in [-0.2, 0) is 11.2 Å². The first-order valence-electron chi connectivity index (χ1n) is 6.46. The molecule has 0 aromatic heterocycles. The molecule has 2 aromatic carbocycles. The van der Waals surface area contributed by atoms with E-state index in [9.17, 15) is 9.59 Å². The van der Waals surface area contributed by atoms with Gasteiger partial charge in [-0.2, -0.15) is 0 Å². The Morgan fingerprint density at radius 1 is 1.05 bits per heavy atom. The molecular weight excluding hydrogens is 288 g/mol. The second-order valence-corrected chi connectivity index (χ2v) is 5.06. The van der Waals surface area contributed by atoms with Crippen molar-refractivity contribution in [1.82, 2.24) is 5.32 Å². The van der Waals surface area contributed by atoms with Crippen molar-refractivity contribution < 1.29 is 9.59 Å². The van der Waals surface area contributed by atoms with Crippen molar-refractivity contribution in [2.24, 2.45) is 5.73 Å². The number of rotatable bonds is 5. The van der Waals surface area contributed by atoms with Crippen LogP contribution in [0.4, 0.5) is 0 Å². The third kappa shape index (κ3) is 4.33. The zero-order valence-electron chi connectivity index (χ0n) is 11.3. The van der Waals surface area contributed by atoms with E-state index >= 15 is 0 Å². The molecule has 0 saturated carbocycles. The van der Waals surface area contributed by atoms with E-state index in [1.165, 1.54) is 0 Å². The van der Waals surface area contributed by atoms with Gasteiger partial charge in [-0.05, 0) is 29.8 Å². The molecule has 0 aliphatic heterocycles. The highest BCUT2D eigenvalue weighted by Crippen LogP contribution is 2.11.